The Morgan fingerprint density at radius 3 is 2.20 bits per heavy atom. The summed E-state index contributed by atoms with van der Waals surface area (Å²) in [5.41, 5.74) is 0.877. The van der Waals surface area contributed by atoms with E-state index in [-0.39, 0.29) is 24.0 Å². The quantitative estimate of drug-likeness (QED) is 0.355. The van der Waals surface area contributed by atoms with Gasteiger partial charge in [0.1, 0.15) is 12.4 Å². The predicted molar refractivity (Wildman–Crippen MR) is 148 cm³/mol. The lowest BCUT2D eigenvalue weighted by Crippen LogP contribution is -2.46. The SMILES string of the molecule is CCN1CCCCCCN(C(=O)c2ccc(C(F)(F)F)cc2)[C@H](Cc2ccccc2)COc2ccccc2C1=O. The summed E-state index contributed by atoms with van der Waals surface area (Å²) in [6, 6.07) is 20.8. The number of benzene rings is 3. The van der Waals surface area contributed by atoms with Crippen LogP contribution in [0.2, 0.25) is 0 Å². The summed E-state index contributed by atoms with van der Waals surface area (Å²) < 4.78 is 45.7. The molecule has 5 nitrogen and oxygen atoms in total. The van der Waals surface area contributed by atoms with Crippen LogP contribution in [0.4, 0.5) is 13.2 Å². The van der Waals surface area contributed by atoms with E-state index in [1.54, 1.807) is 23.1 Å². The van der Waals surface area contributed by atoms with Gasteiger partial charge in [-0.1, -0.05) is 55.3 Å². The van der Waals surface area contributed by atoms with Gasteiger partial charge in [0.15, 0.2) is 0 Å². The van der Waals surface area contributed by atoms with E-state index < -0.39 is 17.8 Å². The molecular formula is C32H35F3N2O3. The van der Waals surface area contributed by atoms with E-state index in [9.17, 15) is 22.8 Å². The van der Waals surface area contributed by atoms with Crippen LogP contribution in [0.1, 0.15) is 64.4 Å². The smallest absolute Gasteiger partial charge is 0.416 e. The van der Waals surface area contributed by atoms with Crippen molar-refractivity contribution in [1.82, 2.24) is 9.80 Å². The zero-order valence-electron chi connectivity index (χ0n) is 22.7. The average Bonchev–Trinajstić information content (AvgIpc) is 2.96. The maximum Gasteiger partial charge on any atom is 0.416 e. The number of carbonyl (C=O) groups excluding carboxylic acids is 2. The van der Waals surface area contributed by atoms with Gasteiger partial charge in [-0.25, -0.2) is 0 Å². The zero-order chi connectivity index (χ0) is 28.5. The largest absolute Gasteiger partial charge is 0.491 e. The van der Waals surface area contributed by atoms with Crippen molar-refractivity contribution in [2.24, 2.45) is 0 Å². The van der Waals surface area contributed by atoms with Crippen LogP contribution in [0, 0.1) is 0 Å². The summed E-state index contributed by atoms with van der Waals surface area (Å²) >= 11 is 0. The van der Waals surface area contributed by atoms with Crippen molar-refractivity contribution in [3.8, 4) is 5.75 Å². The fourth-order valence-corrected chi connectivity index (χ4v) is 5.03. The van der Waals surface area contributed by atoms with E-state index in [2.05, 4.69) is 0 Å². The second-order valence-corrected chi connectivity index (χ2v) is 10.0. The van der Waals surface area contributed by atoms with Gasteiger partial charge in [-0.2, -0.15) is 13.2 Å². The molecule has 0 saturated carbocycles. The van der Waals surface area contributed by atoms with E-state index in [4.69, 9.17) is 4.74 Å². The molecule has 3 aromatic rings. The summed E-state index contributed by atoms with van der Waals surface area (Å²) in [5.74, 6) is 0.0160. The van der Waals surface area contributed by atoms with E-state index in [1.807, 2.05) is 48.2 Å². The van der Waals surface area contributed by atoms with Gasteiger partial charge in [0.2, 0.25) is 0 Å². The van der Waals surface area contributed by atoms with Gasteiger partial charge >= 0.3 is 6.18 Å². The molecule has 40 heavy (non-hydrogen) atoms. The van der Waals surface area contributed by atoms with Gasteiger partial charge < -0.3 is 14.5 Å². The van der Waals surface area contributed by atoms with Crippen molar-refractivity contribution >= 4 is 11.8 Å². The average molecular weight is 553 g/mol. The van der Waals surface area contributed by atoms with Crippen LogP contribution >= 0.6 is 0 Å². The molecule has 0 N–H and O–H groups in total. The van der Waals surface area contributed by atoms with E-state index >= 15 is 0 Å². The minimum Gasteiger partial charge on any atom is -0.491 e. The molecule has 212 valence electrons. The molecule has 1 heterocycles. The molecule has 8 heteroatoms. The third kappa shape index (κ3) is 7.43. The Morgan fingerprint density at radius 1 is 0.875 bits per heavy atom. The van der Waals surface area contributed by atoms with E-state index in [1.165, 1.54) is 12.1 Å². The highest BCUT2D eigenvalue weighted by Gasteiger charge is 2.31. The number of para-hydroxylation sites is 1. The molecule has 0 radical (unpaired) electrons. The van der Waals surface area contributed by atoms with Crippen LogP contribution in [0.3, 0.4) is 0 Å². The Kier molecular flexibility index (Phi) is 9.85. The summed E-state index contributed by atoms with van der Waals surface area (Å²) in [7, 11) is 0. The first kappa shape index (κ1) is 29.2. The first-order chi connectivity index (χ1) is 19.3. The fraction of sp³-hybridized carbons (Fsp3) is 0.375. The van der Waals surface area contributed by atoms with Crippen molar-refractivity contribution < 1.29 is 27.5 Å². The van der Waals surface area contributed by atoms with Crippen molar-refractivity contribution in [2.45, 2.75) is 51.2 Å². The lowest BCUT2D eigenvalue weighted by atomic mass is 10.0. The number of ether oxygens (including phenoxy) is 1. The lowest BCUT2D eigenvalue weighted by molar-refractivity contribution is -0.137. The Hall–Kier alpha value is -3.81. The highest BCUT2D eigenvalue weighted by molar-refractivity contribution is 5.97. The maximum atomic E-state index is 13.8. The topological polar surface area (TPSA) is 49.9 Å². The van der Waals surface area contributed by atoms with Gasteiger partial charge in [0.05, 0.1) is 17.2 Å². The van der Waals surface area contributed by atoms with Gasteiger partial charge in [-0.3, -0.25) is 9.59 Å². The summed E-state index contributed by atoms with van der Waals surface area (Å²) in [4.78, 5) is 30.7. The number of fused-ring (bicyclic) bond motifs is 1. The monoisotopic (exact) mass is 552 g/mol. The van der Waals surface area contributed by atoms with Crippen LogP contribution in [-0.2, 0) is 12.6 Å². The zero-order valence-corrected chi connectivity index (χ0v) is 22.7. The summed E-state index contributed by atoms with van der Waals surface area (Å²) in [5, 5.41) is 0. The highest BCUT2D eigenvalue weighted by Crippen LogP contribution is 2.30. The van der Waals surface area contributed by atoms with Crippen molar-refractivity contribution in [3.05, 3.63) is 101 Å². The van der Waals surface area contributed by atoms with Crippen molar-refractivity contribution in [3.63, 3.8) is 0 Å². The molecule has 3 aromatic carbocycles. The van der Waals surface area contributed by atoms with Crippen LogP contribution in [0.5, 0.6) is 5.75 Å². The summed E-state index contributed by atoms with van der Waals surface area (Å²) in [6.07, 6.45) is -0.665. The van der Waals surface area contributed by atoms with Crippen LogP contribution in [-0.4, -0.2) is 53.9 Å². The van der Waals surface area contributed by atoms with Crippen LogP contribution in [0.15, 0.2) is 78.9 Å². The highest BCUT2D eigenvalue weighted by atomic mass is 19.4. The molecule has 0 unspecified atom stereocenters. The third-order valence-corrected chi connectivity index (χ3v) is 7.27. The van der Waals surface area contributed by atoms with Crippen LogP contribution in [0.25, 0.3) is 0 Å². The fourth-order valence-electron chi connectivity index (χ4n) is 5.03. The second kappa shape index (κ2) is 13.5. The van der Waals surface area contributed by atoms with Crippen molar-refractivity contribution in [1.29, 1.82) is 0 Å². The number of nitrogens with zero attached hydrogens (tertiary/aromatic N) is 2. The second-order valence-electron chi connectivity index (χ2n) is 10.0. The predicted octanol–water partition coefficient (Wildman–Crippen LogP) is 6.87. The number of alkyl halides is 3. The van der Waals surface area contributed by atoms with Gasteiger partial charge in [-0.15, -0.1) is 0 Å². The molecule has 1 aliphatic rings. The normalized spacial score (nSPS) is 17.5. The minimum absolute atomic E-state index is 0.0903. The molecular weight excluding hydrogens is 517 g/mol. The van der Waals surface area contributed by atoms with Crippen molar-refractivity contribution in [2.75, 3.05) is 26.2 Å². The van der Waals surface area contributed by atoms with Gasteiger partial charge in [-0.05, 0) is 68.1 Å². The molecule has 0 saturated heterocycles. The molecule has 1 atom stereocenters. The third-order valence-electron chi connectivity index (χ3n) is 7.27. The molecule has 0 bridgehead atoms. The number of carbonyl (C=O) groups is 2. The first-order valence-electron chi connectivity index (χ1n) is 13.8. The molecule has 2 amide bonds. The maximum absolute atomic E-state index is 13.8. The Balaban J connectivity index is 1.68. The number of rotatable bonds is 4. The Morgan fingerprint density at radius 2 is 1.52 bits per heavy atom. The number of amides is 2. The standard InChI is InChI=1S/C32H35F3N2O3/c1-2-36-20-10-3-4-11-21-37(30(38)25-16-18-26(19-17-25)32(33,34)35)27(22-24-12-6-5-7-13-24)23-40-29-15-9-8-14-28(29)31(36)39/h5-9,12-19,27H,2-4,10-11,20-23H2,1H3/t27-/m1/s1. The molecule has 0 fully saturated rings. The van der Waals surface area contributed by atoms with Gasteiger partial charge in [0, 0.05) is 25.2 Å². The summed E-state index contributed by atoms with van der Waals surface area (Å²) in [6.45, 7) is 3.76. The van der Waals surface area contributed by atoms with Gasteiger partial charge in [0.25, 0.3) is 11.8 Å². The Labute approximate surface area is 233 Å². The molecule has 0 spiro atoms. The molecule has 4 rings (SSSR count). The Bertz CT molecular complexity index is 1260. The van der Waals surface area contributed by atoms with E-state index in [0.29, 0.717) is 37.4 Å². The number of hydrogen-bond acceptors (Lipinski definition) is 3. The number of halogens is 3. The molecule has 0 aliphatic carbocycles. The molecule has 1 aliphatic heterocycles. The van der Waals surface area contributed by atoms with Crippen LogP contribution < -0.4 is 4.74 Å². The lowest BCUT2D eigenvalue weighted by Gasteiger charge is -2.33. The number of hydrogen-bond donors (Lipinski definition) is 0. The van der Waals surface area contributed by atoms with E-state index in [0.717, 1.165) is 43.4 Å². The minimum atomic E-state index is -4.48. The first-order valence-corrected chi connectivity index (χ1v) is 13.8. The molecule has 0 aromatic heterocycles.